The van der Waals surface area contributed by atoms with E-state index in [1.54, 1.807) is 0 Å². The minimum Gasteiger partial charge on any atom is -0.391 e. The van der Waals surface area contributed by atoms with Gasteiger partial charge in [-0.1, -0.05) is 58.0 Å². The molecule has 0 spiro atoms. The van der Waals surface area contributed by atoms with Crippen LogP contribution in [0.3, 0.4) is 0 Å². The van der Waals surface area contributed by atoms with Gasteiger partial charge in [0.1, 0.15) is 0 Å². The highest BCUT2D eigenvalue weighted by atomic mass is 35.5. The first-order valence-corrected chi connectivity index (χ1v) is 7.47. The van der Waals surface area contributed by atoms with E-state index in [9.17, 15) is 9.90 Å². The van der Waals surface area contributed by atoms with Crippen LogP contribution in [0.2, 0.25) is 0 Å². The van der Waals surface area contributed by atoms with Crippen molar-refractivity contribution in [3.05, 3.63) is 35.9 Å². The topological polar surface area (TPSA) is 75.3 Å². The van der Waals surface area contributed by atoms with E-state index in [-0.39, 0.29) is 42.2 Å². The number of halogens is 1. The molecule has 0 aliphatic carbocycles. The number of rotatable bonds is 6. The van der Waals surface area contributed by atoms with E-state index >= 15 is 0 Å². The fraction of sp³-hybridized carbons (Fsp3) is 0.588. The van der Waals surface area contributed by atoms with Gasteiger partial charge in [0.15, 0.2) is 0 Å². The van der Waals surface area contributed by atoms with Crippen LogP contribution < -0.4 is 11.1 Å². The molecule has 3 atom stereocenters. The summed E-state index contributed by atoms with van der Waals surface area (Å²) in [7, 11) is 0. The van der Waals surface area contributed by atoms with Crippen LogP contribution in [-0.4, -0.2) is 23.7 Å². The predicted molar refractivity (Wildman–Crippen MR) is 92.9 cm³/mol. The average molecular weight is 329 g/mol. The maximum atomic E-state index is 12.1. The first-order valence-electron chi connectivity index (χ1n) is 7.47. The molecule has 0 fully saturated rings. The summed E-state index contributed by atoms with van der Waals surface area (Å²) in [6.45, 7) is 8.26. The molecule has 0 heterocycles. The zero-order valence-electron chi connectivity index (χ0n) is 13.9. The minimum atomic E-state index is -0.533. The number of nitrogens with two attached hydrogens (primary N) is 1. The lowest BCUT2D eigenvalue weighted by Gasteiger charge is -2.24. The smallest absolute Gasteiger partial charge is 0.224 e. The highest BCUT2D eigenvalue weighted by Crippen LogP contribution is 2.21. The third-order valence-corrected chi connectivity index (χ3v) is 3.50. The fourth-order valence-electron chi connectivity index (χ4n) is 2.29. The SMILES string of the molecule is CC(C(=O)NCC(O)CC(C)(C)C)C(N)c1ccccc1.Cl. The molecule has 0 radical (unpaired) electrons. The molecule has 1 aromatic rings. The number of aliphatic hydroxyl groups is 1. The Labute approximate surface area is 139 Å². The Bertz CT molecular complexity index is 446. The lowest BCUT2D eigenvalue weighted by atomic mass is 9.89. The van der Waals surface area contributed by atoms with Crippen LogP contribution in [0.25, 0.3) is 0 Å². The van der Waals surface area contributed by atoms with Gasteiger partial charge in [-0.05, 0) is 17.4 Å². The van der Waals surface area contributed by atoms with E-state index < -0.39 is 6.10 Å². The van der Waals surface area contributed by atoms with Crippen LogP contribution in [0, 0.1) is 11.3 Å². The van der Waals surface area contributed by atoms with Crippen molar-refractivity contribution in [1.29, 1.82) is 0 Å². The Morgan fingerprint density at radius 1 is 1.27 bits per heavy atom. The molecule has 0 bridgehead atoms. The Kier molecular flexibility index (Phi) is 8.68. The second kappa shape index (κ2) is 9.13. The molecule has 3 unspecified atom stereocenters. The Morgan fingerprint density at radius 3 is 2.32 bits per heavy atom. The molecule has 1 amide bonds. The van der Waals surface area contributed by atoms with Crippen LogP contribution >= 0.6 is 12.4 Å². The molecule has 0 saturated heterocycles. The summed E-state index contributed by atoms with van der Waals surface area (Å²) in [5.41, 5.74) is 7.10. The van der Waals surface area contributed by atoms with Gasteiger partial charge < -0.3 is 16.2 Å². The van der Waals surface area contributed by atoms with E-state index in [1.807, 2.05) is 37.3 Å². The van der Waals surface area contributed by atoms with Crippen LogP contribution in [0.4, 0.5) is 0 Å². The van der Waals surface area contributed by atoms with Crippen LogP contribution in [-0.2, 0) is 4.79 Å². The standard InChI is InChI=1S/C17H28N2O2.ClH/c1-12(15(18)13-8-6-5-7-9-13)16(21)19-11-14(20)10-17(2,3)4;/h5-9,12,14-15,20H,10-11,18H2,1-4H3,(H,19,21);1H. The number of amides is 1. The lowest BCUT2D eigenvalue weighted by molar-refractivity contribution is -0.125. The van der Waals surface area contributed by atoms with Crippen molar-refractivity contribution >= 4 is 18.3 Å². The summed E-state index contributed by atoms with van der Waals surface area (Å²) in [4.78, 5) is 12.1. The summed E-state index contributed by atoms with van der Waals surface area (Å²) in [5, 5.41) is 12.7. The maximum absolute atomic E-state index is 12.1. The van der Waals surface area contributed by atoms with Crippen molar-refractivity contribution < 1.29 is 9.90 Å². The fourth-order valence-corrected chi connectivity index (χ4v) is 2.29. The molecule has 126 valence electrons. The molecule has 1 aromatic carbocycles. The molecule has 0 saturated carbocycles. The second-order valence-electron chi connectivity index (χ2n) is 6.89. The average Bonchev–Trinajstić information content (AvgIpc) is 2.42. The second-order valence-corrected chi connectivity index (χ2v) is 6.89. The quantitative estimate of drug-likeness (QED) is 0.751. The molecule has 4 N–H and O–H groups in total. The monoisotopic (exact) mass is 328 g/mol. The van der Waals surface area contributed by atoms with Gasteiger partial charge in [-0.3, -0.25) is 4.79 Å². The Hall–Kier alpha value is -1.10. The zero-order chi connectivity index (χ0) is 16.0. The first-order chi connectivity index (χ1) is 9.70. The van der Waals surface area contributed by atoms with Gasteiger partial charge in [0.25, 0.3) is 0 Å². The van der Waals surface area contributed by atoms with Crippen LogP contribution in [0.5, 0.6) is 0 Å². The van der Waals surface area contributed by atoms with Crippen LogP contribution in [0.15, 0.2) is 30.3 Å². The number of carbonyl (C=O) groups excluding carboxylic acids is 1. The maximum Gasteiger partial charge on any atom is 0.224 e. The summed E-state index contributed by atoms with van der Waals surface area (Å²) >= 11 is 0. The van der Waals surface area contributed by atoms with Gasteiger partial charge in [-0.15, -0.1) is 12.4 Å². The Balaban J connectivity index is 0.00000441. The largest absolute Gasteiger partial charge is 0.391 e. The highest BCUT2D eigenvalue weighted by Gasteiger charge is 2.23. The van der Waals surface area contributed by atoms with Crippen molar-refractivity contribution in [2.24, 2.45) is 17.1 Å². The molecular formula is C17H29ClN2O2. The number of hydrogen-bond donors (Lipinski definition) is 3. The highest BCUT2D eigenvalue weighted by molar-refractivity contribution is 5.85. The molecule has 4 nitrogen and oxygen atoms in total. The molecular weight excluding hydrogens is 300 g/mol. The summed E-state index contributed by atoms with van der Waals surface area (Å²) in [5.74, 6) is -0.464. The lowest BCUT2D eigenvalue weighted by Crippen LogP contribution is -2.40. The predicted octanol–water partition coefficient (Wildman–Crippen LogP) is 2.66. The van der Waals surface area contributed by atoms with E-state index in [0.29, 0.717) is 6.42 Å². The minimum absolute atomic E-state index is 0. The normalized spacial score (nSPS) is 15.4. The number of aliphatic hydroxyl groups excluding tert-OH is 1. The third-order valence-electron chi connectivity index (χ3n) is 3.50. The molecule has 1 rings (SSSR count). The molecule has 22 heavy (non-hydrogen) atoms. The van der Waals surface area contributed by atoms with Gasteiger partial charge in [-0.25, -0.2) is 0 Å². The van der Waals surface area contributed by atoms with E-state index in [0.717, 1.165) is 5.56 Å². The Morgan fingerprint density at radius 2 is 1.82 bits per heavy atom. The van der Waals surface area contributed by atoms with Crippen molar-refractivity contribution in [2.75, 3.05) is 6.54 Å². The number of nitrogens with one attached hydrogen (secondary N) is 1. The number of benzene rings is 1. The molecule has 5 heteroatoms. The summed E-state index contributed by atoms with van der Waals surface area (Å²) in [6, 6.07) is 9.24. The van der Waals surface area contributed by atoms with E-state index in [1.165, 1.54) is 0 Å². The first kappa shape index (κ1) is 20.9. The van der Waals surface area contributed by atoms with Crippen molar-refractivity contribution in [3.63, 3.8) is 0 Å². The van der Waals surface area contributed by atoms with E-state index in [4.69, 9.17) is 5.73 Å². The zero-order valence-corrected chi connectivity index (χ0v) is 14.7. The third kappa shape index (κ3) is 7.25. The summed E-state index contributed by atoms with van der Waals surface area (Å²) in [6.07, 6.45) is 0.112. The molecule has 0 aliphatic heterocycles. The number of hydrogen-bond acceptors (Lipinski definition) is 3. The van der Waals surface area contributed by atoms with Crippen molar-refractivity contribution in [3.8, 4) is 0 Å². The van der Waals surface area contributed by atoms with Gasteiger partial charge in [-0.2, -0.15) is 0 Å². The molecule has 0 aliphatic rings. The molecule has 0 aromatic heterocycles. The number of carbonyl (C=O) groups is 1. The van der Waals surface area contributed by atoms with Gasteiger partial charge in [0.05, 0.1) is 12.0 Å². The summed E-state index contributed by atoms with van der Waals surface area (Å²) < 4.78 is 0. The van der Waals surface area contributed by atoms with Gasteiger partial charge in [0, 0.05) is 12.6 Å². The van der Waals surface area contributed by atoms with Crippen molar-refractivity contribution in [1.82, 2.24) is 5.32 Å². The van der Waals surface area contributed by atoms with Gasteiger partial charge in [0.2, 0.25) is 5.91 Å². The van der Waals surface area contributed by atoms with Crippen molar-refractivity contribution in [2.45, 2.75) is 46.3 Å². The van der Waals surface area contributed by atoms with E-state index in [2.05, 4.69) is 26.1 Å². The van der Waals surface area contributed by atoms with Crippen LogP contribution in [0.1, 0.15) is 45.7 Å². The van der Waals surface area contributed by atoms with Gasteiger partial charge >= 0.3 is 0 Å².